The maximum atomic E-state index is 12.3. The third-order valence-electron chi connectivity index (χ3n) is 3.33. The highest BCUT2D eigenvalue weighted by Gasteiger charge is 2.09. The number of nitrogens with zero attached hydrogens (tertiary/aromatic N) is 2. The van der Waals surface area contributed by atoms with Crippen molar-refractivity contribution in [1.82, 2.24) is 9.55 Å². The molecule has 6 heteroatoms. The Kier molecular flexibility index (Phi) is 4.43. The summed E-state index contributed by atoms with van der Waals surface area (Å²) in [4.78, 5) is 17.8. The Morgan fingerprint density at radius 2 is 1.95 bits per heavy atom. The van der Waals surface area contributed by atoms with E-state index in [2.05, 4.69) is 4.98 Å². The number of hydrogen-bond acceptors (Lipinski definition) is 3. The third kappa shape index (κ3) is 3.00. The summed E-state index contributed by atoms with van der Waals surface area (Å²) in [5.41, 5.74) is 0.664. The van der Waals surface area contributed by atoms with Crippen molar-refractivity contribution in [2.75, 3.05) is 0 Å². The molecule has 0 fully saturated rings. The number of thioether (sulfide) groups is 1. The summed E-state index contributed by atoms with van der Waals surface area (Å²) < 4.78 is 1.58. The van der Waals surface area contributed by atoms with Crippen molar-refractivity contribution in [3.8, 4) is 0 Å². The Labute approximate surface area is 141 Å². The second-order valence-electron chi connectivity index (χ2n) is 4.77. The highest BCUT2D eigenvalue weighted by atomic mass is 35.5. The molecule has 0 aliphatic heterocycles. The number of para-hydroxylation sites is 1. The zero-order chi connectivity index (χ0) is 15.7. The monoisotopic (exact) mass is 350 g/mol. The maximum absolute atomic E-state index is 12.3. The fourth-order valence-corrected chi connectivity index (χ4v) is 3.60. The van der Waals surface area contributed by atoms with Gasteiger partial charge in [0, 0.05) is 17.0 Å². The molecular weight excluding hydrogens is 339 g/mol. The molecule has 3 nitrogen and oxygen atoms in total. The van der Waals surface area contributed by atoms with Crippen molar-refractivity contribution >= 4 is 45.9 Å². The van der Waals surface area contributed by atoms with Crippen LogP contribution in [0, 0.1) is 0 Å². The van der Waals surface area contributed by atoms with E-state index in [0.29, 0.717) is 32.5 Å². The summed E-state index contributed by atoms with van der Waals surface area (Å²) in [6.45, 7) is 0. The van der Waals surface area contributed by atoms with Gasteiger partial charge in [-0.25, -0.2) is 4.98 Å². The number of aromatic nitrogens is 2. The standard InChI is InChI=1S/C16H12Cl2N2OS/c1-20-15(9-22-14-8-10(17)6-7-12(14)18)19-13-5-3-2-4-11(13)16(20)21/h2-8H,9H2,1H3. The Hall–Kier alpha value is -1.49. The van der Waals surface area contributed by atoms with Gasteiger partial charge in [0.2, 0.25) is 0 Å². The first-order valence-corrected chi connectivity index (χ1v) is 8.33. The fraction of sp³-hybridized carbons (Fsp3) is 0.125. The molecule has 0 atom stereocenters. The summed E-state index contributed by atoms with van der Waals surface area (Å²) in [6.07, 6.45) is 0. The number of benzene rings is 2. The van der Waals surface area contributed by atoms with Crippen molar-refractivity contribution < 1.29 is 0 Å². The van der Waals surface area contributed by atoms with Crippen LogP contribution in [0.5, 0.6) is 0 Å². The molecule has 0 saturated carbocycles. The molecular formula is C16H12Cl2N2OS. The molecule has 0 radical (unpaired) electrons. The molecule has 0 saturated heterocycles. The van der Waals surface area contributed by atoms with Crippen LogP contribution in [0.2, 0.25) is 10.0 Å². The molecule has 0 aliphatic carbocycles. The zero-order valence-electron chi connectivity index (χ0n) is 11.7. The predicted molar refractivity (Wildman–Crippen MR) is 93.0 cm³/mol. The molecule has 0 amide bonds. The van der Waals surface area contributed by atoms with Crippen LogP contribution in [0.15, 0.2) is 52.2 Å². The first kappa shape index (κ1) is 15.4. The minimum Gasteiger partial charge on any atom is -0.299 e. The lowest BCUT2D eigenvalue weighted by Crippen LogP contribution is -2.21. The van der Waals surface area contributed by atoms with E-state index in [1.54, 1.807) is 29.8 Å². The highest BCUT2D eigenvalue weighted by Crippen LogP contribution is 2.31. The second kappa shape index (κ2) is 6.32. The van der Waals surface area contributed by atoms with Crippen LogP contribution in [0.25, 0.3) is 10.9 Å². The van der Waals surface area contributed by atoms with E-state index >= 15 is 0 Å². The number of fused-ring (bicyclic) bond motifs is 1. The van der Waals surface area contributed by atoms with Gasteiger partial charge < -0.3 is 0 Å². The summed E-state index contributed by atoms with van der Waals surface area (Å²) in [6, 6.07) is 12.7. The molecule has 2 aromatic carbocycles. The summed E-state index contributed by atoms with van der Waals surface area (Å²) in [5, 5.41) is 1.90. The van der Waals surface area contributed by atoms with Crippen LogP contribution in [0.1, 0.15) is 5.82 Å². The Morgan fingerprint density at radius 1 is 1.18 bits per heavy atom. The number of rotatable bonds is 3. The van der Waals surface area contributed by atoms with Crippen molar-refractivity contribution in [3.63, 3.8) is 0 Å². The van der Waals surface area contributed by atoms with Crippen molar-refractivity contribution in [3.05, 3.63) is 68.7 Å². The minimum atomic E-state index is -0.0432. The van der Waals surface area contributed by atoms with Crippen LogP contribution < -0.4 is 5.56 Å². The van der Waals surface area contributed by atoms with Crippen LogP contribution in [-0.4, -0.2) is 9.55 Å². The van der Waals surface area contributed by atoms with E-state index in [-0.39, 0.29) is 5.56 Å². The lowest BCUT2D eigenvalue weighted by molar-refractivity contribution is 0.785. The zero-order valence-corrected chi connectivity index (χ0v) is 14.0. The van der Waals surface area contributed by atoms with Crippen molar-refractivity contribution in [2.24, 2.45) is 7.05 Å². The summed E-state index contributed by atoms with van der Waals surface area (Å²) in [5.74, 6) is 1.24. The van der Waals surface area contributed by atoms with E-state index in [1.807, 2.05) is 24.3 Å². The summed E-state index contributed by atoms with van der Waals surface area (Å²) in [7, 11) is 1.73. The van der Waals surface area contributed by atoms with E-state index in [0.717, 1.165) is 4.90 Å². The smallest absolute Gasteiger partial charge is 0.261 e. The van der Waals surface area contributed by atoms with E-state index in [1.165, 1.54) is 11.8 Å². The van der Waals surface area contributed by atoms with E-state index < -0.39 is 0 Å². The van der Waals surface area contributed by atoms with Crippen LogP contribution in [-0.2, 0) is 12.8 Å². The van der Waals surface area contributed by atoms with Crippen molar-refractivity contribution in [2.45, 2.75) is 10.6 Å². The Morgan fingerprint density at radius 3 is 2.77 bits per heavy atom. The molecule has 3 rings (SSSR count). The summed E-state index contributed by atoms with van der Waals surface area (Å²) >= 11 is 13.7. The van der Waals surface area contributed by atoms with Crippen molar-refractivity contribution in [1.29, 1.82) is 0 Å². The third-order valence-corrected chi connectivity index (χ3v) is 5.05. The van der Waals surface area contributed by atoms with Crippen LogP contribution in [0.4, 0.5) is 0 Å². The van der Waals surface area contributed by atoms with Gasteiger partial charge in [-0.15, -0.1) is 11.8 Å². The molecule has 1 heterocycles. The lowest BCUT2D eigenvalue weighted by Gasteiger charge is -2.10. The quantitative estimate of drug-likeness (QED) is 0.650. The van der Waals surface area contributed by atoms with E-state index in [9.17, 15) is 4.79 Å². The van der Waals surface area contributed by atoms with Gasteiger partial charge in [0.25, 0.3) is 5.56 Å². The van der Waals surface area contributed by atoms with Gasteiger partial charge in [0.15, 0.2) is 0 Å². The maximum Gasteiger partial charge on any atom is 0.261 e. The molecule has 22 heavy (non-hydrogen) atoms. The average molecular weight is 351 g/mol. The molecule has 0 spiro atoms. The molecule has 0 aliphatic rings. The molecule has 0 unspecified atom stereocenters. The van der Waals surface area contributed by atoms with Gasteiger partial charge >= 0.3 is 0 Å². The average Bonchev–Trinajstić information content (AvgIpc) is 2.52. The minimum absolute atomic E-state index is 0.0432. The normalized spacial score (nSPS) is 11.0. The fourth-order valence-electron chi connectivity index (χ4n) is 2.12. The molecule has 0 N–H and O–H groups in total. The second-order valence-corrected chi connectivity index (χ2v) is 6.63. The lowest BCUT2D eigenvalue weighted by atomic mass is 10.2. The van der Waals surface area contributed by atoms with Gasteiger partial charge in [-0.05, 0) is 30.3 Å². The molecule has 3 aromatic rings. The predicted octanol–water partition coefficient (Wildman–Crippen LogP) is 4.53. The largest absolute Gasteiger partial charge is 0.299 e. The van der Waals surface area contributed by atoms with Gasteiger partial charge in [0.1, 0.15) is 5.82 Å². The van der Waals surface area contributed by atoms with Crippen LogP contribution in [0.3, 0.4) is 0 Å². The number of hydrogen-bond donors (Lipinski definition) is 0. The first-order valence-electron chi connectivity index (χ1n) is 6.59. The Balaban J connectivity index is 1.96. The number of halogens is 2. The van der Waals surface area contributed by atoms with Gasteiger partial charge in [-0.1, -0.05) is 35.3 Å². The van der Waals surface area contributed by atoms with Crippen LogP contribution >= 0.6 is 35.0 Å². The van der Waals surface area contributed by atoms with Gasteiger partial charge in [-0.3, -0.25) is 9.36 Å². The topological polar surface area (TPSA) is 34.9 Å². The SMILES string of the molecule is Cn1c(CSc2cc(Cl)ccc2Cl)nc2ccccc2c1=O. The van der Waals surface area contributed by atoms with Gasteiger partial charge in [0.05, 0.1) is 21.7 Å². The highest BCUT2D eigenvalue weighted by molar-refractivity contribution is 7.98. The van der Waals surface area contributed by atoms with Gasteiger partial charge in [-0.2, -0.15) is 0 Å². The Bertz CT molecular complexity index is 908. The van der Waals surface area contributed by atoms with E-state index in [4.69, 9.17) is 23.2 Å². The molecule has 112 valence electrons. The molecule has 1 aromatic heterocycles. The molecule has 0 bridgehead atoms. The first-order chi connectivity index (χ1) is 10.6.